The Morgan fingerprint density at radius 2 is 1.88 bits per heavy atom. The van der Waals surface area contributed by atoms with Gasteiger partial charge < -0.3 is 14.8 Å². The van der Waals surface area contributed by atoms with Gasteiger partial charge in [-0.2, -0.15) is 8.78 Å². The summed E-state index contributed by atoms with van der Waals surface area (Å²) < 4.78 is 35.5. The lowest BCUT2D eigenvalue weighted by Gasteiger charge is -2.17. The summed E-state index contributed by atoms with van der Waals surface area (Å²) in [5.41, 5.74) is 1.14. The molecule has 0 unspecified atom stereocenters. The van der Waals surface area contributed by atoms with Crippen molar-refractivity contribution in [2.45, 2.75) is 31.4 Å². The summed E-state index contributed by atoms with van der Waals surface area (Å²) in [7, 11) is 1.38. The number of carbonyl (C=O) groups excluding carboxylic acids is 1. The molecule has 2 aromatic carbocycles. The molecule has 3 rings (SSSR count). The number of rotatable bonds is 7. The van der Waals surface area contributed by atoms with Crippen LogP contribution >= 0.6 is 15.9 Å². The average Bonchev–Trinajstić information content (AvgIpc) is 3.42. The van der Waals surface area contributed by atoms with Gasteiger partial charge in [0.2, 0.25) is 5.91 Å². The first-order valence-electron chi connectivity index (χ1n) is 8.11. The van der Waals surface area contributed by atoms with E-state index in [9.17, 15) is 13.6 Å². The number of hydrogen-bond acceptors (Lipinski definition) is 3. The van der Waals surface area contributed by atoms with Crippen molar-refractivity contribution in [3.8, 4) is 11.5 Å². The van der Waals surface area contributed by atoms with Crippen molar-refractivity contribution in [3.63, 3.8) is 0 Å². The molecule has 1 aliphatic rings. The smallest absolute Gasteiger partial charge is 0.387 e. The lowest BCUT2D eigenvalue weighted by atomic mass is 9.95. The molecule has 1 aliphatic carbocycles. The van der Waals surface area contributed by atoms with E-state index in [1.807, 2.05) is 24.3 Å². The molecule has 4 nitrogen and oxygen atoms in total. The molecule has 0 heterocycles. The van der Waals surface area contributed by atoms with Crippen LogP contribution < -0.4 is 14.8 Å². The molecule has 0 aromatic heterocycles. The van der Waals surface area contributed by atoms with Gasteiger partial charge in [0, 0.05) is 11.0 Å². The second-order valence-corrected chi connectivity index (χ2v) is 7.05. The summed E-state index contributed by atoms with van der Waals surface area (Å²) in [6, 6.07) is 12.4. The van der Waals surface area contributed by atoms with Crippen LogP contribution in [0, 0.1) is 0 Å². The minimum atomic E-state index is -2.94. The van der Waals surface area contributed by atoms with Crippen LogP contribution in [0.1, 0.15) is 24.0 Å². The quantitative estimate of drug-likeness (QED) is 0.714. The zero-order chi connectivity index (χ0) is 18.7. The van der Waals surface area contributed by atoms with Gasteiger partial charge in [-0.15, -0.1) is 0 Å². The third kappa shape index (κ3) is 3.98. The maximum absolute atomic E-state index is 12.7. The zero-order valence-corrected chi connectivity index (χ0v) is 15.7. The summed E-state index contributed by atoms with van der Waals surface area (Å²) >= 11 is 3.39. The van der Waals surface area contributed by atoms with Gasteiger partial charge >= 0.3 is 6.61 Å². The van der Waals surface area contributed by atoms with Crippen LogP contribution in [0.2, 0.25) is 0 Å². The van der Waals surface area contributed by atoms with Crippen molar-refractivity contribution >= 4 is 21.8 Å². The van der Waals surface area contributed by atoms with Crippen molar-refractivity contribution < 1.29 is 23.0 Å². The number of methoxy groups -OCH3 is 1. The molecule has 0 radical (unpaired) electrons. The molecule has 1 saturated carbocycles. The summed E-state index contributed by atoms with van der Waals surface area (Å²) in [6.45, 7) is -2.72. The average molecular weight is 426 g/mol. The van der Waals surface area contributed by atoms with Gasteiger partial charge in [0.15, 0.2) is 11.5 Å². The number of hydrogen-bond donors (Lipinski definition) is 1. The third-order valence-corrected chi connectivity index (χ3v) is 5.01. The monoisotopic (exact) mass is 425 g/mol. The normalized spacial score (nSPS) is 14.8. The van der Waals surface area contributed by atoms with E-state index in [2.05, 4.69) is 26.0 Å². The summed E-state index contributed by atoms with van der Waals surface area (Å²) in [4.78, 5) is 12.7. The largest absolute Gasteiger partial charge is 0.493 e. The molecule has 1 N–H and O–H groups in total. The van der Waals surface area contributed by atoms with Crippen LogP contribution in [0.5, 0.6) is 11.5 Å². The lowest BCUT2D eigenvalue weighted by Crippen LogP contribution is -2.34. The highest BCUT2D eigenvalue weighted by Crippen LogP contribution is 2.48. The van der Waals surface area contributed by atoms with E-state index in [0.29, 0.717) is 5.56 Å². The van der Waals surface area contributed by atoms with Crippen LogP contribution in [0.4, 0.5) is 8.78 Å². The molecule has 2 aromatic rings. The van der Waals surface area contributed by atoms with Crippen LogP contribution in [-0.2, 0) is 16.8 Å². The van der Waals surface area contributed by atoms with Crippen LogP contribution in [0.25, 0.3) is 0 Å². The maximum Gasteiger partial charge on any atom is 0.387 e. The molecular formula is C19H18BrF2NO3. The zero-order valence-electron chi connectivity index (χ0n) is 14.1. The maximum atomic E-state index is 12.7. The first kappa shape index (κ1) is 18.6. The standard InChI is InChI=1S/C19H18BrF2NO3/c1-25-15-7-2-12(10-16(15)26-18(21)22)11-23-17(24)19(8-9-19)13-3-5-14(20)6-4-13/h2-7,10,18H,8-9,11H2,1H3,(H,23,24). The molecule has 0 saturated heterocycles. The van der Waals surface area contributed by atoms with Gasteiger partial charge in [0.25, 0.3) is 0 Å². The van der Waals surface area contributed by atoms with Crippen LogP contribution in [-0.4, -0.2) is 19.6 Å². The van der Waals surface area contributed by atoms with Crippen molar-refractivity contribution in [2.75, 3.05) is 7.11 Å². The predicted octanol–water partition coefficient (Wildman–Crippen LogP) is 4.41. The molecule has 7 heteroatoms. The highest BCUT2D eigenvalue weighted by atomic mass is 79.9. The Kier molecular flexibility index (Phi) is 5.46. The van der Waals surface area contributed by atoms with E-state index in [4.69, 9.17) is 4.74 Å². The fourth-order valence-corrected chi connectivity index (χ4v) is 3.18. The number of carbonyl (C=O) groups is 1. The van der Waals surface area contributed by atoms with Crippen LogP contribution in [0.15, 0.2) is 46.9 Å². The van der Waals surface area contributed by atoms with E-state index in [0.717, 1.165) is 22.9 Å². The SMILES string of the molecule is COc1ccc(CNC(=O)C2(c3ccc(Br)cc3)CC2)cc1OC(F)F. The number of benzene rings is 2. The van der Waals surface area contributed by atoms with Gasteiger partial charge in [-0.05, 0) is 48.2 Å². The fourth-order valence-electron chi connectivity index (χ4n) is 2.91. The van der Waals surface area contributed by atoms with Gasteiger partial charge in [-0.1, -0.05) is 34.1 Å². The second kappa shape index (κ2) is 7.61. The Hall–Kier alpha value is -2.15. The van der Waals surface area contributed by atoms with Gasteiger partial charge in [-0.25, -0.2) is 0 Å². The first-order chi connectivity index (χ1) is 12.4. The van der Waals surface area contributed by atoms with E-state index < -0.39 is 12.0 Å². The Morgan fingerprint density at radius 1 is 1.19 bits per heavy atom. The predicted molar refractivity (Wildman–Crippen MR) is 96.5 cm³/mol. The van der Waals surface area contributed by atoms with E-state index in [-0.39, 0.29) is 24.0 Å². The molecule has 0 spiro atoms. The van der Waals surface area contributed by atoms with E-state index >= 15 is 0 Å². The summed E-state index contributed by atoms with van der Waals surface area (Å²) in [5.74, 6) is 0.101. The number of amides is 1. The molecule has 0 atom stereocenters. The molecular weight excluding hydrogens is 408 g/mol. The Labute approximate surface area is 158 Å². The summed E-state index contributed by atoms with van der Waals surface area (Å²) in [6.07, 6.45) is 1.59. The Balaban J connectivity index is 1.69. The molecule has 1 amide bonds. The van der Waals surface area contributed by atoms with Gasteiger partial charge in [0.1, 0.15) is 0 Å². The molecule has 0 bridgehead atoms. The van der Waals surface area contributed by atoms with E-state index in [1.54, 1.807) is 12.1 Å². The second-order valence-electron chi connectivity index (χ2n) is 6.14. The van der Waals surface area contributed by atoms with Gasteiger partial charge in [-0.3, -0.25) is 4.79 Å². The minimum absolute atomic E-state index is 0.0525. The van der Waals surface area contributed by atoms with Crippen molar-refractivity contribution in [1.29, 1.82) is 0 Å². The Bertz CT molecular complexity index is 792. The molecule has 0 aliphatic heterocycles. The van der Waals surface area contributed by atoms with Crippen molar-refractivity contribution in [1.82, 2.24) is 5.32 Å². The van der Waals surface area contributed by atoms with Crippen molar-refractivity contribution in [2.24, 2.45) is 0 Å². The Morgan fingerprint density at radius 3 is 2.46 bits per heavy atom. The van der Waals surface area contributed by atoms with Crippen LogP contribution in [0.3, 0.4) is 0 Å². The van der Waals surface area contributed by atoms with Gasteiger partial charge in [0.05, 0.1) is 12.5 Å². The highest BCUT2D eigenvalue weighted by molar-refractivity contribution is 9.10. The number of halogens is 3. The lowest BCUT2D eigenvalue weighted by molar-refractivity contribution is -0.123. The molecule has 1 fully saturated rings. The number of nitrogens with one attached hydrogen (secondary N) is 1. The summed E-state index contributed by atoms with van der Waals surface area (Å²) in [5, 5.41) is 2.90. The molecule has 26 heavy (non-hydrogen) atoms. The third-order valence-electron chi connectivity index (χ3n) is 4.48. The fraction of sp³-hybridized carbons (Fsp3) is 0.316. The number of alkyl halides is 2. The van der Waals surface area contributed by atoms with Crippen molar-refractivity contribution in [3.05, 3.63) is 58.1 Å². The molecule has 138 valence electrons. The highest BCUT2D eigenvalue weighted by Gasteiger charge is 2.51. The number of ether oxygens (including phenoxy) is 2. The minimum Gasteiger partial charge on any atom is -0.493 e. The van der Waals surface area contributed by atoms with E-state index in [1.165, 1.54) is 13.2 Å². The topological polar surface area (TPSA) is 47.6 Å². The first-order valence-corrected chi connectivity index (χ1v) is 8.90.